The highest BCUT2D eigenvalue weighted by Gasteiger charge is 2.18. The minimum absolute atomic E-state index is 0.778. The van der Waals surface area contributed by atoms with E-state index in [4.69, 9.17) is 9.47 Å². The van der Waals surface area contributed by atoms with Gasteiger partial charge in [0.15, 0.2) is 0 Å². The standard InChI is InChI=1S/C24H34N2O2/c1-3-9-23(10-4-1)27-19-7-15-25-21-22-13-17-26(18-14-22)16-8-20-28-24-11-5-2-6-12-24/h1-6,9-12,22,25H,7-8,13-21H2. The minimum atomic E-state index is 0.778. The third-order valence-electron chi connectivity index (χ3n) is 5.28. The lowest BCUT2D eigenvalue weighted by Gasteiger charge is -2.32. The lowest BCUT2D eigenvalue weighted by Crippen LogP contribution is -2.38. The van der Waals surface area contributed by atoms with Gasteiger partial charge in [-0.3, -0.25) is 0 Å². The first kappa shape index (κ1) is 20.7. The number of benzene rings is 2. The van der Waals surface area contributed by atoms with Gasteiger partial charge in [-0.2, -0.15) is 0 Å². The molecular weight excluding hydrogens is 348 g/mol. The Balaban J connectivity index is 1.15. The first-order valence-electron chi connectivity index (χ1n) is 10.7. The molecule has 152 valence electrons. The number of para-hydroxylation sites is 2. The molecule has 0 amide bonds. The molecule has 1 heterocycles. The van der Waals surface area contributed by atoms with Crippen LogP contribution >= 0.6 is 0 Å². The third kappa shape index (κ3) is 7.91. The number of hydrogen-bond acceptors (Lipinski definition) is 4. The molecule has 0 unspecified atom stereocenters. The molecule has 0 bridgehead atoms. The van der Waals surface area contributed by atoms with Gasteiger partial charge >= 0.3 is 0 Å². The van der Waals surface area contributed by atoms with Crippen LogP contribution in [0.25, 0.3) is 0 Å². The predicted octanol–water partition coefficient (Wildman–Crippen LogP) is 4.23. The lowest BCUT2D eigenvalue weighted by molar-refractivity contribution is 0.169. The summed E-state index contributed by atoms with van der Waals surface area (Å²) in [7, 11) is 0. The van der Waals surface area contributed by atoms with Crippen LogP contribution in [0.15, 0.2) is 60.7 Å². The minimum Gasteiger partial charge on any atom is -0.494 e. The highest BCUT2D eigenvalue weighted by Crippen LogP contribution is 2.17. The number of rotatable bonds is 12. The van der Waals surface area contributed by atoms with Crippen LogP contribution < -0.4 is 14.8 Å². The van der Waals surface area contributed by atoms with Crippen LogP contribution in [-0.4, -0.2) is 50.8 Å². The van der Waals surface area contributed by atoms with Crippen LogP contribution in [0.1, 0.15) is 25.7 Å². The summed E-state index contributed by atoms with van der Waals surface area (Å²) in [5.41, 5.74) is 0. The number of piperidine rings is 1. The third-order valence-corrected chi connectivity index (χ3v) is 5.28. The van der Waals surface area contributed by atoms with E-state index in [1.165, 1.54) is 25.9 Å². The van der Waals surface area contributed by atoms with Gasteiger partial charge in [-0.25, -0.2) is 0 Å². The van der Waals surface area contributed by atoms with E-state index in [9.17, 15) is 0 Å². The largest absolute Gasteiger partial charge is 0.494 e. The van der Waals surface area contributed by atoms with Gasteiger partial charge in [0.2, 0.25) is 0 Å². The van der Waals surface area contributed by atoms with Gasteiger partial charge in [0.1, 0.15) is 11.5 Å². The van der Waals surface area contributed by atoms with Gasteiger partial charge < -0.3 is 19.7 Å². The average Bonchev–Trinajstić information content (AvgIpc) is 2.76. The Morgan fingerprint density at radius 1 is 0.786 bits per heavy atom. The van der Waals surface area contributed by atoms with E-state index in [0.717, 1.165) is 63.1 Å². The van der Waals surface area contributed by atoms with Crippen LogP contribution in [-0.2, 0) is 0 Å². The normalized spacial score (nSPS) is 15.4. The van der Waals surface area contributed by atoms with Gasteiger partial charge in [0.05, 0.1) is 13.2 Å². The molecule has 1 N–H and O–H groups in total. The summed E-state index contributed by atoms with van der Waals surface area (Å²) in [4.78, 5) is 2.58. The molecule has 1 saturated heterocycles. The highest BCUT2D eigenvalue weighted by molar-refractivity contribution is 5.21. The van der Waals surface area contributed by atoms with Crippen molar-refractivity contribution in [1.82, 2.24) is 10.2 Å². The Morgan fingerprint density at radius 3 is 1.96 bits per heavy atom. The van der Waals surface area contributed by atoms with E-state index in [-0.39, 0.29) is 0 Å². The van der Waals surface area contributed by atoms with Crippen LogP contribution in [0.5, 0.6) is 11.5 Å². The fourth-order valence-corrected chi connectivity index (χ4v) is 3.62. The van der Waals surface area contributed by atoms with Crippen LogP contribution in [0, 0.1) is 5.92 Å². The van der Waals surface area contributed by atoms with Gasteiger partial charge in [-0.15, -0.1) is 0 Å². The summed E-state index contributed by atoms with van der Waals surface area (Å²) in [6.07, 6.45) is 4.74. The molecule has 2 aromatic rings. The van der Waals surface area contributed by atoms with E-state index in [0.29, 0.717) is 0 Å². The van der Waals surface area contributed by atoms with Crippen molar-refractivity contribution < 1.29 is 9.47 Å². The first-order chi connectivity index (χ1) is 13.9. The van der Waals surface area contributed by atoms with E-state index in [1.807, 2.05) is 60.7 Å². The van der Waals surface area contributed by atoms with Crippen LogP contribution in [0.4, 0.5) is 0 Å². The zero-order valence-electron chi connectivity index (χ0n) is 16.9. The average molecular weight is 383 g/mol. The molecule has 28 heavy (non-hydrogen) atoms. The summed E-state index contributed by atoms with van der Waals surface area (Å²) in [6, 6.07) is 20.1. The summed E-state index contributed by atoms with van der Waals surface area (Å²) in [6.45, 7) is 7.32. The molecule has 4 heteroatoms. The molecule has 0 aliphatic carbocycles. The number of likely N-dealkylation sites (tertiary alicyclic amines) is 1. The second-order valence-corrected chi connectivity index (χ2v) is 7.52. The maximum absolute atomic E-state index is 5.78. The van der Waals surface area contributed by atoms with E-state index >= 15 is 0 Å². The second kappa shape index (κ2) is 12.4. The first-order valence-corrected chi connectivity index (χ1v) is 10.7. The maximum atomic E-state index is 5.78. The van der Waals surface area contributed by atoms with Crippen molar-refractivity contribution in [2.24, 2.45) is 5.92 Å². The quantitative estimate of drug-likeness (QED) is 0.557. The molecule has 1 aliphatic rings. The Kier molecular flexibility index (Phi) is 9.18. The molecule has 3 rings (SSSR count). The number of nitrogens with one attached hydrogen (secondary N) is 1. The van der Waals surface area contributed by atoms with Gasteiger partial charge in [-0.1, -0.05) is 36.4 Å². The molecular formula is C24H34N2O2. The topological polar surface area (TPSA) is 33.7 Å². The summed E-state index contributed by atoms with van der Waals surface area (Å²) in [5, 5.41) is 3.61. The van der Waals surface area contributed by atoms with Crippen molar-refractivity contribution in [3.05, 3.63) is 60.7 Å². The van der Waals surface area contributed by atoms with Crippen LogP contribution in [0.2, 0.25) is 0 Å². The van der Waals surface area contributed by atoms with Crippen molar-refractivity contribution in [2.45, 2.75) is 25.7 Å². The smallest absolute Gasteiger partial charge is 0.119 e. The molecule has 0 radical (unpaired) electrons. The fourth-order valence-electron chi connectivity index (χ4n) is 3.62. The molecule has 4 nitrogen and oxygen atoms in total. The zero-order chi connectivity index (χ0) is 19.3. The van der Waals surface area contributed by atoms with Crippen molar-refractivity contribution in [3.8, 4) is 11.5 Å². The number of ether oxygens (including phenoxy) is 2. The van der Waals surface area contributed by atoms with Crippen molar-refractivity contribution in [1.29, 1.82) is 0 Å². The Morgan fingerprint density at radius 2 is 1.36 bits per heavy atom. The molecule has 0 saturated carbocycles. The Bertz CT molecular complexity index is 628. The monoisotopic (exact) mass is 382 g/mol. The second-order valence-electron chi connectivity index (χ2n) is 7.52. The molecule has 1 aliphatic heterocycles. The van der Waals surface area contributed by atoms with Crippen molar-refractivity contribution in [2.75, 3.05) is 45.9 Å². The Labute approximate surface area is 169 Å². The fraction of sp³-hybridized carbons (Fsp3) is 0.500. The van der Waals surface area contributed by atoms with Crippen molar-refractivity contribution >= 4 is 0 Å². The number of hydrogen-bond donors (Lipinski definition) is 1. The van der Waals surface area contributed by atoms with Crippen molar-refractivity contribution in [3.63, 3.8) is 0 Å². The molecule has 1 fully saturated rings. The highest BCUT2D eigenvalue weighted by atomic mass is 16.5. The predicted molar refractivity (Wildman–Crippen MR) is 115 cm³/mol. The van der Waals surface area contributed by atoms with E-state index < -0.39 is 0 Å². The van der Waals surface area contributed by atoms with Gasteiger partial charge in [0.25, 0.3) is 0 Å². The molecule has 0 atom stereocenters. The summed E-state index contributed by atoms with van der Waals surface area (Å²) in [5.74, 6) is 2.75. The van der Waals surface area contributed by atoms with Gasteiger partial charge in [-0.05, 0) is 82.0 Å². The summed E-state index contributed by atoms with van der Waals surface area (Å²) < 4.78 is 11.5. The SMILES string of the molecule is c1ccc(OCCCNCC2CCN(CCCOc3ccccc3)CC2)cc1. The summed E-state index contributed by atoms with van der Waals surface area (Å²) >= 11 is 0. The maximum Gasteiger partial charge on any atom is 0.119 e. The zero-order valence-corrected chi connectivity index (χ0v) is 16.9. The lowest BCUT2D eigenvalue weighted by atomic mass is 9.96. The molecule has 0 spiro atoms. The van der Waals surface area contributed by atoms with E-state index in [2.05, 4.69) is 10.2 Å². The number of nitrogens with zero attached hydrogens (tertiary/aromatic N) is 1. The van der Waals surface area contributed by atoms with Gasteiger partial charge in [0, 0.05) is 6.54 Å². The molecule has 0 aromatic heterocycles. The molecule has 2 aromatic carbocycles. The van der Waals surface area contributed by atoms with Crippen LogP contribution in [0.3, 0.4) is 0 Å². The van der Waals surface area contributed by atoms with E-state index in [1.54, 1.807) is 0 Å². The Hall–Kier alpha value is -2.04.